The van der Waals surface area contributed by atoms with Gasteiger partial charge in [-0.2, -0.15) is 5.10 Å². The Morgan fingerprint density at radius 1 is 1.35 bits per heavy atom. The molecular weight excluding hydrogens is 327 g/mol. The minimum Gasteiger partial charge on any atom is -0.436 e. The van der Waals surface area contributed by atoms with Gasteiger partial charge in [-0.3, -0.25) is 5.41 Å². The molecule has 7 heteroatoms. The van der Waals surface area contributed by atoms with Crippen LogP contribution in [-0.2, 0) is 0 Å². The van der Waals surface area contributed by atoms with E-state index in [1.54, 1.807) is 13.8 Å². The van der Waals surface area contributed by atoms with Crippen molar-refractivity contribution in [3.63, 3.8) is 0 Å². The van der Waals surface area contributed by atoms with E-state index in [1.165, 1.54) is 18.2 Å². The summed E-state index contributed by atoms with van der Waals surface area (Å²) in [5, 5.41) is 15.5. The Labute approximate surface area is 123 Å². The van der Waals surface area contributed by atoms with Gasteiger partial charge in [0.2, 0.25) is 5.88 Å². The van der Waals surface area contributed by atoms with Crippen LogP contribution in [0, 0.1) is 25.1 Å². The van der Waals surface area contributed by atoms with Gasteiger partial charge < -0.3 is 10.5 Å². The highest BCUT2D eigenvalue weighted by atomic mass is 79.9. The third kappa shape index (κ3) is 2.77. The summed E-state index contributed by atoms with van der Waals surface area (Å²) in [7, 11) is 0. The van der Waals surface area contributed by atoms with Crippen molar-refractivity contribution < 1.29 is 9.13 Å². The van der Waals surface area contributed by atoms with Crippen LogP contribution >= 0.6 is 15.9 Å². The van der Waals surface area contributed by atoms with E-state index in [-0.39, 0.29) is 17.5 Å². The number of nitrogens with zero attached hydrogens (tertiary/aromatic N) is 2. The van der Waals surface area contributed by atoms with Crippen LogP contribution in [0.2, 0.25) is 0 Å². The van der Waals surface area contributed by atoms with Crippen LogP contribution in [0.3, 0.4) is 0 Å². The Hall–Kier alpha value is -2.02. The van der Waals surface area contributed by atoms with Gasteiger partial charge >= 0.3 is 0 Å². The molecule has 0 bridgehead atoms. The second-order valence-electron chi connectivity index (χ2n) is 4.18. The van der Waals surface area contributed by atoms with Crippen LogP contribution in [0.1, 0.15) is 16.8 Å². The van der Waals surface area contributed by atoms with Gasteiger partial charge in [0, 0.05) is 0 Å². The molecule has 2 aromatic rings. The highest BCUT2D eigenvalue weighted by Crippen LogP contribution is 2.31. The summed E-state index contributed by atoms with van der Waals surface area (Å²) in [6.07, 6.45) is 0. The smallest absolute Gasteiger partial charge is 0.250 e. The molecule has 0 atom stereocenters. The monoisotopic (exact) mass is 338 g/mol. The average molecular weight is 339 g/mol. The van der Waals surface area contributed by atoms with Gasteiger partial charge in [-0.05, 0) is 53.5 Å². The van der Waals surface area contributed by atoms with Crippen molar-refractivity contribution in [2.45, 2.75) is 13.8 Å². The van der Waals surface area contributed by atoms with E-state index >= 15 is 0 Å². The molecule has 2 rings (SSSR count). The summed E-state index contributed by atoms with van der Waals surface area (Å²) >= 11 is 3.20. The molecule has 0 saturated heterocycles. The quantitative estimate of drug-likeness (QED) is 0.665. The number of aromatic nitrogens is 2. The molecule has 1 aromatic heterocycles. The summed E-state index contributed by atoms with van der Waals surface area (Å²) in [5.41, 5.74) is 7.34. The fraction of sp³-hybridized carbons (Fsp3) is 0.154. The summed E-state index contributed by atoms with van der Waals surface area (Å²) in [5.74, 6) is -0.0599. The topological polar surface area (TPSA) is 84.9 Å². The van der Waals surface area contributed by atoms with E-state index in [1.807, 2.05) is 0 Å². The predicted molar refractivity (Wildman–Crippen MR) is 76.7 cm³/mol. The molecule has 3 N–H and O–H groups in total. The molecule has 1 aromatic carbocycles. The lowest BCUT2D eigenvalue weighted by molar-refractivity contribution is 0.448. The second-order valence-corrected chi connectivity index (χ2v) is 5.04. The second kappa shape index (κ2) is 5.54. The number of benzene rings is 1. The maximum Gasteiger partial charge on any atom is 0.250 e. The normalized spacial score (nSPS) is 10.4. The SMILES string of the molecule is Cc1nnc(Oc2ccc(F)cc2Br)c(C(=N)N)c1C. The fourth-order valence-electron chi connectivity index (χ4n) is 1.64. The summed E-state index contributed by atoms with van der Waals surface area (Å²) in [6, 6.07) is 4.00. The molecule has 0 aliphatic carbocycles. The first kappa shape index (κ1) is 14.4. The first-order valence-corrected chi connectivity index (χ1v) is 6.50. The van der Waals surface area contributed by atoms with Crippen molar-refractivity contribution in [3.8, 4) is 11.6 Å². The molecule has 1 heterocycles. The Morgan fingerprint density at radius 3 is 2.65 bits per heavy atom. The first-order valence-electron chi connectivity index (χ1n) is 5.71. The zero-order chi connectivity index (χ0) is 14.9. The van der Waals surface area contributed by atoms with Crippen molar-refractivity contribution in [1.29, 1.82) is 5.41 Å². The molecule has 0 aliphatic rings. The van der Waals surface area contributed by atoms with E-state index in [0.29, 0.717) is 21.5 Å². The molecule has 0 aliphatic heterocycles. The number of ether oxygens (including phenoxy) is 1. The van der Waals surface area contributed by atoms with Crippen LogP contribution in [0.25, 0.3) is 0 Å². The Bertz CT molecular complexity index is 690. The average Bonchev–Trinajstić information content (AvgIpc) is 2.36. The van der Waals surface area contributed by atoms with Crippen LogP contribution < -0.4 is 10.5 Å². The molecule has 0 fully saturated rings. The van der Waals surface area contributed by atoms with E-state index in [0.717, 1.165) is 5.56 Å². The van der Waals surface area contributed by atoms with Crippen molar-refractivity contribution in [2.75, 3.05) is 0 Å². The number of halogens is 2. The van der Waals surface area contributed by atoms with Crippen LogP contribution in [0.15, 0.2) is 22.7 Å². The summed E-state index contributed by atoms with van der Waals surface area (Å²) < 4.78 is 19.1. The number of rotatable bonds is 3. The standard InChI is InChI=1S/C13H12BrFN4O/c1-6-7(2)18-19-13(11(6)12(16)17)20-10-4-3-8(15)5-9(10)14/h3-5H,1-2H3,(H3,16,17). The Balaban J connectivity index is 2.48. The Kier molecular flexibility index (Phi) is 3.99. The largest absolute Gasteiger partial charge is 0.436 e. The van der Waals surface area contributed by atoms with Crippen molar-refractivity contribution >= 4 is 21.8 Å². The molecule has 104 valence electrons. The van der Waals surface area contributed by atoms with E-state index in [4.69, 9.17) is 15.9 Å². The van der Waals surface area contributed by atoms with E-state index in [9.17, 15) is 4.39 Å². The third-order valence-electron chi connectivity index (χ3n) is 2.79. The van der Waals surface area contributed by atoms with Crippen LogP contribution in [0.4, 0.5) is 4.39 Å². The number of hydrogen-bond donors (Lipinski definition) is 2. The maximum absolute atomic E-state index is 13.0. The molecular formula is C13H12BrFN4O. The molecule has 5 nitrogen and oxygen atoms in total. The van der Waals surface area contributed by atoms with Crippen LogP contribution in [0.5, 0.6) is 11.6 Å². The van der Waals surface area contributed by atoms with Crippen LogP contribution in [-0.4, -0.2) is 16.0 Å². The van der Waals surface area contributed by atoms with E-state index < -0.39 is 0 Å². The van der Waals surface area contributed by atoms with Crippen molar-refractivity contribution in [2.24, 2.45) is 5.73 Å². The molecule has 0 radical (unpaired) electrons. The van der Waals surface area contributed by atoms with Crippen molar-refractivity contribution in [3.05, 3.63) is 45.3 Å². The first-order chi connectivity index (χ1) is 9.40. The van der Waals surface area contributed by atoms with Gasteiger partial charge in [0.15, 0.2) is 0 Å². The summed E-state index contributed by atoms with van der Waals surface area (Å²) in [6.45, 7) is 3.56. The van der Waals surface area contributed by atoms with Crippen molar-refractivity contribution in [1.82, 2.24) is 10.2 Å². The molecule has 0 amide bonds. The Morgan fingerprint density at radius 2 is 2.05 bits per heavy atom. The number of aryl methyl sites for hydroxylation is 1. The van der Waals surface area contributed by atoms with Gasteiger partial charge in [0.1, 0.15) is 17.4 Å². The van der Waals surface area contributed by atoms with Gasteiger partial charge in [-0.25, -0.2) is 4.39 Å². The number of nitrogens with two attached hydrogens (primary N) is 1. The zero-order valence-corrected chi connectivity index (χ0v) is 12.5. The lowest BCUT2D eigenvalue weighted by Gasteiger charge is -2.13. The minimum absolute atomic E-state index is 0.118. The lowest BCUT2D eigenvalue weighted by atomic mass is 10.1. The third-order valence-corrected chi connectivity index (χ3v) is 3.41. The minimum atomic E-state index is -0.387. The zero-order valence-electron chi connectivity index (χ0n) is 10.9. The number of hydrogen-bond acceptors (Lipinski definition) is 4. The van der Waals surface area contributed by atoms with Gasteiger partial charge in [-0.15, -0.1) is 5.10 Å². The number of nitrogens with one attached hydrogen (secondary N) is 1. The number of nitrogen functional groups attached to an aromatic ring is 1. The highest BCUT2D eigenvalue weighted by Gasteiger charge is 2.16. The van der Waals surface area contributed by atoms with E-state index in [2.05, 4.69) is 26.1 Å². The molecule has 0 spiro atoms. The maximum atomic E-state index is 13.0. The van der Waals surface area contributed by atoms with Gasteiger partial charge in [0.05, 0.1) is 15.7 Å². The van der Waals surface area contributed by atoms with Gasteiger partial charge in [0.25, 0.3) is 0 Å². The number of amidine groups is 1. The molecule has 0 saturated carbocycles. The summed E-state index contributed by atoms with van der Waals surface area (Å²) in [4.78, 5) is 0. The fourth-order valence-corrected chi connectivity index (χ4v) is 2.07. The molecule has 0 unspecified atom stereocenters. The van der Waals surface area contributed by atoms with Gasteiger partial charge in [-0.1, -0.05) is 0 Å². The lowest BCUT2D eigenvalue weighted by Crippen LogP contribution is -2.16. The molecule has 20 heavy (non-hydrogen) atoms. The highest BCUT2D eigenvalue weighted by molar-refractivity contribution is 9.10. The predicted octanol–water partition coefficient (Wildman–Crippen LogP) is 3.07.